The predicted octanol–water partition coefficient (Wildman–Crippen LogP) is 2.39. The minimum Gasteiger partial charge on any atom is -0.367 e. The number of hydrogen-bond donors (Lipinski definition) is 1. The quantitative estimate of drug-likeness (QED) is 0.797. The Bertz CT molecular complexity index is 628. The summed E-state index contributed by atoms with van der Waals surface area (Å²) < 4.78 is 0. The molecule has 0 atom stereocenters. The molecule has 2 aromatic heterocycles. The zero-order chi connectivity index (χ0) is 15.8. The maximum atomic E-state index is 12.4. The number of pyridine rings is 2. The van der Waals surface area contributed by atoms with Crippen LogP contribution in [0, 0.1) is 0 Å². The molecule has 0 aliphatic rings. The van der Waals surface area contributed by atoms with E-state index in [4.69, 9.17) is 0 Å². The summed E-state index contributed by atoms with van der Waals surface area (Å²) in [4.78, 5) is 22.3. The molecule has 22 heavy (non-hydrogen) atoms. The van der Waals surface area contributed by atoms with Crippen LogP contribution in [-0.4, -0.2) is 40.9 Å². The third kappa shape index (κ3) is 4.41. The summed E-state index contributed by atoms with van der Waals surface area (Å²) in [6, 6.07) is 7.41. The first-order valence-electron chi connectivity index (χ1n) is 7.16. The van der Waals surface area contributed by atoms with Gasteiger partial charge in [0.15, 0.2) is 0 Å². The van der Waals surface area contributed by atoms with E-state index in [0.717, 1.165) is 12.0 Å². The second-order valence-corrected chi connectivity index (χ2v) is 4.93. The van der Waals surface area contributed by atoms with Gasteiger partial charge in [0.25, 0.3) is 5.91 Å². The van der Waals surface area contributed by atoms with Gasteiger partial charge in [-0.25, -0.2) is 4.98 Å². The van der Waals surface area contributed by atoms with Crippen LogP contribution in [0.5, 0.6) is 0 Å². The molecule has 0 aromatic carbocycles. The molecule has 0 aliphatic carbocycles. The summed E-state index contributed by atoms with van der Waals surface area (Å²) >= 11 is 0. The minimum atomic E-state index is -0.0156. The highest BCUT2D eigenvalue weighted by Gasteiger charge is 2.12. The molecular weight excluding hydrogens is 276 g/mol. The first-order chi connectivity index (χ1) is 10.7. The highest BCUT2D eigenvalue weighted by atomic mass is 16.2. The van der Waals surface area contributed by atoms with Crippen molar-refractivity contribution in [3.8, 4) is 0 Å². The van der Waals surface area contributed by atoms with Crippen LogP contribution in [0.3, 0.4) is 0 Å². The smallest absolute Gasteiger partial charge is 0.253 e. The molecule has 0 saturated carbocycles. The van der Waals surface area contributed by atoms with Crippen LogP contribution < -0.4 is 5.32 Å². The van der Waals surface area contributed by atoms with Crippen LogP contribution in [0.15, 0.2) is 55.5 Å². The van der Waals surface area contributed by atoms with Gasteiger partial charge < -0.3 is 10.2 Å². The lowest BCUT2D eigenvalue weighted by molar-refractivity contribution is 0.0796. The highest BCUT2D eigenvalue weighted by Crippen LogP contribution is 2.10. The number of carbonyl (C=O) groups excluding carboxylic acids is 1. The molecular formula is C17H20N4O. The molecule has 114 valence electrons. The fourth-order valence-electron chi connectivity index (χ4n) is 2.01. The second kappa shape index (κ2) is 7.93. The third-order valence-electron chi connectivity index (χ3n) is 3.27. The number of amides is 1. The summed E-state index contributed by atoms with van der Waals surface area (Å²) in [6.07, 6.45) is 7.71. The SMILES string of the molecule is C=CCNc1cc(C(=O)N(C)CCc2ccncc2)ccn1. The number of anilines is 1. The fraction of sp³-hybridized carbons (Fsp3) is 0.235. The summed E-state index contributed by atoms with van der Waals surface area (Å²) in [6.45, 7) is 4.91. The van der Waals surface area contributed by atoms with E-state index in [1.807, 2.05) is 12.1 Å². The van der Waals surface area contributed by atoms with Crippen LogP contribution in [-0.2, 0) is 6.42 Å². The van der Waals surface area contributed by atoms with E-state index in [2.05, 4.69) is 21.9 Å². The zero-order valence-electron chi connectivity index (χ0n) is 12.7. The Balaban J connectivity index is 1.96. The van der Waals surface area contributed by atoms with Crippen molar-refractivity contribution in [3.63, 3.8) is 0 Å². The van der Waals surface area contributed by atoms with Gasteiger partial charge in [-0.3, -0.25) is 9.78 Å². The number of nitrogens with one attached hydrogen (secondary N) is 1. The molecule has 5 nitrogen and oxygen atoms in total. The molecule has 0 spiro atoms. The van der Waals surface area contributed by atoms with Crippen molar-refractivity contribution in [1.82, 2.24) is 14.9 Å². The molecule has 2 rings (SSSR count). The van der Waals surface area contributed by atoms with E-state index in [1.54, 1.807) is 48.7 Å². The minimum absolute atomic E-state index is 0.0156. The van der Waals surface area contributed by atoms with Crippen molar-refractivity contribution >= 4 is 11.7 Å². The van der Waals surface area contributed by atoms with Gasteiger partial charge in [-0.05, 0) is 36.2 Å². The van der Waals surface area contributed by atoms with Crippen LogP contribution in [0.4, 0.5) is 5.82 Å². The summed E-state index contributed by atoms with van der Waals surface area (Å²) in [5.41, 5.74) is 1.79. The normalized spacial score (nSPS) is 10.0. The van der Waals surface area contributed by atoms with Crippen LogP contribution >= 0.6 is 0 Å². The number of likely N-dealkylation sites (N-methyl/N-ethyl adjacent to an activating group) is 1. The molecule has 5 heteroatoms. The van der Waals surface area contributed by atoms with Gasteiger partial charge >= 0.3 is 0 Å². The predicted molar refractivity (Wildman–Crippen MR) is 87.8 cm³/mol. The van der Waals surface area contributed by atoms with Crippen LogP contribution in [0.1, 0.15) is 15.9 Å². The van der Waals surface area contributed by atoms with Crippen molar-refractivity contribution < 1.29 is 4.79 Å². The van der Waals surface area contributed by atoms with E-state index in [0.29, 0.717) is 24.5 Å². The largest absolute Gasteiger partial charge is 0.367 e. The Kier molecular flexibility index (Phi) is 5.65. The molecule has 0 saturated heterocycles. The second-order valence-electron chi connectivity index (χ2n) is 4.93. The van der Waals surface area contributed by atoms with Gasteiger partial charge in [0.2, 0.25) is 0 Å². The zero-order valence-corrected chi connectivity index (χ0v) is 12.7. The Morgan fingerprint density at radius 1 is 1.32 bits per heavy atom. The monoisotopic (exact) mass is 296 g/mol. The summed E-state index contributed by atoms with van der Waals surface area (Å²) in [5, 5.41) is 3.08. The average Bonchev–Trinajstić information content (AvgIpc) is 2.58. The van der Waals surface area contributed by atoms with Crippen LogP contribution in [0.2, 0.25) is 0 Å². The van der Waals surface area contributed by atoms with Crippen molar-refractivity contribution in [3.05, 3.63) is 66.6 Å². The van der Waals surface area contributed by atoms with Crippen molar-refractivity contribution in [2.45, 2.75) is 6.42 Å². The number of nitrogens with zero attached hydrogens (tertiary/aromatic N) is 3. The molecule has 2 heterocycles. The number of carbonyl (C=O) groups is 1. The van der Waals surface area contributed by atoms with Gasteiger partial charge in [0.05, 0.1) is 0 Å². The molecule has 0 fully saturated rings. The summed E-state index contributed by atoms with van der Waals surface area (Å²) in [5.74, 6) is 0.659. The number of hydrogen-bond acceptors (Lipinski definition) is 4. The first-order valence-corrected chi connectivity index (χ1v) is 7.16. The highest BCUT2D eigenvalue weighted by molar-refractivity contribution is 5.94. The standard InChI is InChI=1S/C17H20N4O/c1-3-8-19-16-13-15(6-11-20-16)17(22)21(2)12-7-14-4-9-18-10-5-14/h3-6,9-11,13H,1,7-8,12H2,2H3,(H,19,20). The van der Waals surface area contributed by atoms with Gasteiger partial charge in [0.1, 0.15) is 5.82 Å². The fourth-order valence-corrected chi connectivity index (χ4v) is 2.01. The lowest BCUT2D eigenvalue weighted by Gasteiger charge is -2.17. The number of rotatable bonds is 7. The van der Waals surface area contributed by atoms with E-state index < -0.39 is 0 Å². The Labute approximate surface area is 130 Å². The van der Waals surface area contributed by atoms with Crippen molar-refractivity contribution in [2.75, 3.05) is 25.5 Å². The molecule has 0 radical (unpaired) electrons. The molecule has 1 N–H and O–H groups in total. The lowest BCUT2D eigenvalue weighted by Crippen LogP contribution is -2.29. The van der Waals surface area contributed by atoms with Gasteiger partial charge in [-0.1, -0.05) is 6.08 Å². The Morgan fingerprint density at radius 3 is 2.82 bits per heavy atom. The maximum absolute atomic E-state index is 12.4. The third-order valence-corrected chi connectivity index (χ3v) is 3.27. The van der Waals surface area contributed by atoms with Gasteiger partial charge in [-0.15, -0.1) is 6.58 Å². The van der Waals surface area contributed by atoms with Crippen LogP contribution in [0.25, 0.3) is 0 Å². The van der Waals surface area contributed by atoms with E-state index >= 15 is 0 Å². The Morgan fingerprint density at radius 2 is 2.09 bits per heavy atom. The molecule has 0 bridgehead atoms. The Hall–Kier alpha value is -2.69. The van der Waals surface area contributed by atoms with Crippen molar-refractivity contribution in [1.29, 1.82) is 0 Å². The molecule has 2 aromatic rings. The number of aromatic nitrogens is 2. The lowest BCUT2D eigenvalue weighted by atomic mass is 10.2. The molecule has 0 unspecified atom stereocenters. The van der Waals surface area contributed by atoms with Gasteiger partial charge in [0, 0.05) is 44.3 Å². The van der Waals surface area contributed by atoms with E-state index in [1.165, 1.54) is 0 Å². The molecule has 0 aliphatic heterocycles. The maximum Gasteiger partial charge on any atom is 0.253 e. The topological polar surface area (TPSA) is 58.1 Å². The molecule has 1 amide bonds. The first kappa shape index (κ1) is 15.7. The van der Waals surface area contributed by atoms with E-state index in [9.17, 15) is 4.79 Å². The average molecular weight is 296 g/mol. The van der Waals surface area contributed by atoms with Gasteiger partial charge in [-0.2, -0.15) is 0 Å². The van der Waals surface area contributed by atoms with E-state index in [-0.39, 0.29) is 5.91 Å². The summed E-state index contributed by atoms with van der Waals surface area (Å²) in [7, 11) is 1.81. The van der Waals surface area contributed by atoms with Crippen molar-refractivity contribution in [2.24, 2.45) is 0 Å².